The Kier molecular flexibility index (Phi) is 8.37. The molecule has 180 valence electrons. The number of hydrogen-bond donors (Lipinski definition) is 0. The van der Waals surface area contributed by atoms with Gasteiger partial charge in [-0.15, -0.1) is 0 Å². The molecule has 3 fully saturated rings. The Morgan fingerprint density at radius 2 is 1.36 bits per heavy atom. The first-order chi connectivity index (χ1) is 16.1. The van der Waals surface area contributed by atoms with Crippen LogP contribution in [-0.2, 0) is 20.8 Å². The number of carbonyl (C=O) groups is 3. The van der Waals surface area contributed by atoms with Gasteiger partial charge in [0.15, 0.2) is 0 Å². The van der Waals surface area contributed by atoms with E-state index in [0.29, 0.717) is 32.6 Å². The van der Waals surface area contributed by atoms with E-state index in [1.165, 1.54) is 12.8 Å². The van der Waals surface area contributed by atoms with Gasteiger partial charge in [-0.2, -0.15) is 0 Å². The smallest absolute Gasteiger partial charge is 0.236 e. The van der Waals surface area contributed by atoms with Crippen LogP contribution in [0.2, 0.25) is 0 Å². The molecule has 1 aromatic rings. The molecule has 3 aliphatic rings. The van der Waals surface area contributed by atoms with E-state index < -0.39 is 0 Å². The van der Waals surface area contributed by atoms with Crippen molar-refractivity contribution >= 4 is 17.7 Å². The summed E-state index contributed by atoms with van der Waals surface area (Å²) >= 11 is 0. The maximum atomic E-state index is 13.2. The molecule has 0 radical (unpaired) electrons. The first-order valence-electron chi connectivity index (χ1n) is 12.7. The highest BCUT2D eigenvalue weighted by Gasteiger charge is 2.33. The lowest BCUT2D eigenvalue weighted by atomic mass is 9.95. The second-order valence-electron chi connectivity index (χ2n) is 9.74. The molecule has 0 spiro atoms. The maximum absolute atomic E-state index is 13.2. The number of piperazine rings is 1. The Morgan fingerprint density at radius 1 is 0.697 bits per heavy atom. The number of hydrogen-bond acceptors (Lipinski definition) is 4. The van der Waals surface area contributed by atoms with Crippen LogP contribution in [0.1, 0.15) is 44.1 Å². The average molecular weight is 455 g/mol. The first kappa shape index (κ1) is 23.7. The molecule has 0 bridgehead atoms. The molecular formula is C26H38N4O3. The van der Waals surface area contributed by atoms with Gasteiger partial charge in [0, 0.05) is 52.4 Å². The van der Waals surface area contributed by atoms with Crippen LogP contribution in [-0.4, -0.2) is 96.2 Å². The Hall–Kier alpha value is -2.41. The van der Waals surface area contributed by atoms with Crippen LogP contribution in [0.4, 0.5) is 0 Å². The highest BCUT2D eigenvalue weighted by molar-refractivity contribution is 5.82. The van der Waals surface area contributed by atoms with Crippen molar-refractivity contribution in [2.45, 2.75) is 44.9 Å². The second kappa shape index (κ2) is 11.6. The van der Waals surface area contributed by atoms with Crippen molar-refractivity contribution in [2.75, 3.05) is 58.9 Å². The molecule has 33 heavy (non-hydrogen) atoms. The summed E-state index contributed by atoms with van der Waals surface area (Å²) in [7, 11) is 0. The summed E-state index contributed by atoms with van der Waals surface area (Å²) in [4.78, 5) is 46.7. The minimum absolute atomic E-state index is 0.107. The predicted molar refractivity (Wildman–Crippen MR) is 128 cm³/mol. The molecule has 7 nitrogen and oxygen atoms in total. The summed E-state index contributed by atoms with van der Waals surface area (Å²) in [5.74, 6) is 0.404. The zero-order valence-corrected chi connectivity index (χ0v) is 19.8. The number of rotatable bonds is 5. The van der Waals surface area contributed by atoms with Crippen LogP contribution in [0.25, 0.3) is 0 Å². The lowest BCUT2D eigenvalue weighted by Crippen LogP contribution is -2.54. The summed E-state index contributed by atoms with van der Waals surface area (Å²) in [5, 5.41) is 0. The van der Waals surface area contributed by atoms with Crippen LogP contribution in [0.5, 0.6) is 0 Å². The number of piperidine rings is 1. The van der Waals surface area contributed by atoms with E-state index in [0.717, 1.165) is 64.0 Å². The predicted octanol–water partition coefficient (Wildman–Crippen LogP) is 2.01. The third-order valence-corrected chi connectivity index (χ3v) is 7.32. The number of benzene rings is 1. The van der Waals surface area contributed by atoms with Gasteiger partial charge in [0.1, 0.15) is 0 Å². The molecule has 3 saturated heterocycles. The molecule has 0 aromatic heterocycles. The summed E-state index contributed by atoms with van der Waals surface area (Å²) < 4.78 is 0. The lowest BCUT2D eigenvalue weighted by molar-refractivity contribution is -0.142. The van der Waals surface area contributed by atoms with E-state index in [1.54, 1.807) is 0 Å². The topological polar surface area (TPSA) is 64.2 Å². The highest BCUT2D eigenvalue weighted by Crippen LogP contribution is 2.21. The van der Waals surface area contributed by atoms with Crippen LogP contribution in [0.15, 0.2) is 30.3 Å². The fourth-order valence-corrected chi connectivity index (χ4v) is 5.28. The van der Waals surface area contributed by atoms with E-state index in [9.17, 15) is 14.4 Å². The molecule has 1 unspecified atom stereocenters. The van der Waals surface area contributed by atoms with Crippen molar-refractivity contribution in [1.82, 2.24) is 19.6 Å². The summed E-state index contributed by atoms with van der Waals surface area (Å²) in [6.45, 7) is 6.33. The highest BCUT2D eigenvalue weighted by atomic mass is 16.2. The molecular weight excluding hydrogens is 416 g/mol. The monoisotopic (exact) mass is 454 g/mol. The van der Waals surface area contributed by atoms with Gasteiger partial charge in [-0.1, -0.05) is 43.2 Å². The summed E-state index contributed by atoms with van der Waals surface area (Å²) in [6, 6.07) is 9.80. The number of likely N-dealkylation sites (tertiary alicyclic amines) is 2. The van der Waals surface area contributed by atoms with Gasteiger partial charge in [0.2, 0.25) is 17.7 Å². The van der Waals surface area contributed by atoms with E-state index in [2.05, 4.69) is 4.90 Å². The van der Waals surface area contributed by atoms with Gasteiger partial charge in [0.05, 0.1) is 18.9 Å². The SMILES string of the molecule is O=C(CN1CCN(C(=O)C2CCCN(C(=O)Cc3ccccc3)C2)CC1)N1CCCCCC1. The van der Waals surface area contributed by atoms with Crippen molar-refractivity contribution in [3.63, 3.8) is 0 Å². The van der Waals surface area contributed by atoms with Gasteiger partial charge in [-0.3, -0.25) is 19.3 Å². The van der Waals surface area contributed by atoms with Gasteiger partial charge >= 0.3 is 0 Å². The van der Waals surface area contributed by atoms with Crippen molar-refractivity contribution in [3.05, 3.63) is 35.9 Å². The van der Waals surface area contributed by atoms with Crippen LogP contribution >= 0.6 is 0 Å². The Morgan fingerprint density at radius 3 is 2.06 bits per heavy atom. The number of nitrogens with zero attached hydrogens (tertiary/aromatic N) is 4. The quantitative estimate of drug-likeness (QED) is 0.683. The molecule has 1 atom stereocenters. The summed E-state index contributed by atoms with van der Waals surface area (Å²) in [6.07, 6.45) is 6.79. The van der Waals surface area contributed by atoms with Crippen molar-refractivity contribution in [3.8, 4) is 0 Å². The van der Waals surface area contributed by atoms with E-state index in [-0.39, 0.29) is 23.6 Å². The zero-order valence-electron chi connectivity index (χ0n) is 19.8. The second-order valence-corrected chi connectivity index (χ2v) is 9.74. The third-order valence-electron chi connectivity index (χ3n) is 7.32. The third kappa shape index (κ3) is 6.56. The summed E-state index contributed by atoms with van der Waals surface area (Å²) in [5.41, 5.74) is 1.02. The van der Waals surface area contributed by atoms with Gasteiger partial charge in [-0.25, -0.2) is 0 Å². The van der Waals surface area contributed by atoms with Crippen LogP contribution < -0.4 is 0 Å². The maximum Gasteiger partial charge on any atom is 0.236 e. The van der Waals surface area contributed by atoms with Crippen molar-refractivity contribution < 1.29 is 14.4 Å². The average Bonchev–Trinajstić information content (AvgIpc) is 3.15. The molecule has 1 aromatic carbocycles. The van der Waals surface area contributed by atoms with E-state index >= 15 is 0 Å². The van der Waals surface area contributed by atoms with Crippen molar-refractivity contribution in [1.29, 1.82) is 0 Å². The van der Waals surface area contributed by atoms with Crippen LogP contribution in [0, 0.1) is 5.92 Å². The Bertz CT molecular complexity index is 799. The number of amides is 3. The molecule has 3 amide bonds. The molecule has 3 heterocycles. The molecule has 0 aliphatic carbocycles. The Balaban J connectivity index is 1.22. The molecule has 0 N–H and O–H groups in total. The van der Waals surface area contributed by atoms with Gasteiger partial charge in [-0.05, 0) is 31.2 Å². The van der Waals surface area contributed by atoms with E-state index in [4.69, 9.17) is 0 Å². The first-order valence-corrected chi connectivity index (χ1v) is 12.7. The zero-order chi connectivity index (χ0) is 23.0. The van der Waals surface area contributed by atoms with Crippen molar-refractivity contribution in [2.24, 2.45) is 5.92 Å². The number of carbonyl (C=O) groups excluding carboxylic acids is 3. The Labute approximate surface area is 197 Å². The largest absolute Gasteiger partial charge is 0.342 e. The van der Waals surface area contributed by atoms with Gasteiger partial charge < -0.3 is 14.7 Å². The standard InChI is InChI=1S/C26H38N4O3/c31-24(19-22-9-4-3-5-10-22)30-14-8-11-23(20-30)26(33)29-17-15-27(16-18-29)21-25(32)28-12-6-1-2-7-13-28/h3-5,9-10,23H,1-2,6-8,11-21H2. The normalized spacial score (nSPS) is 22.7. The molecule has 0 saturated carbocycles. The minimum Gasteiger partial charge on any atom is -0.342 e. The molecule has 3 aliphatic heterocycles. The molecule has 7 heteroatoms. The van der Waals surface area contributed by atoms with Gasteiger partial charge in [0.25, 0.3) is 0 Å². The molecule has 4 rings (SSSR count). The van der Waals surface area contributed by atoms with Crippen LogP contribution in [0.3, 0.4) is 0 Å². The fourth-order valence-electron chi connectivity index (χ4n) is 5.28. The van der Waals surface area contributed by atoms with E-state index in [1.807, 2.05) is 45.0 Å². The fraction of sp³-hybridized carbons (Fsp3) is 0.654. The lowest BCUT2D eigenvalue weighted by Gasteiger charge is -2.39. The minimum atomic E-state index is -0.108.